The van der Waals surface area contributed by atoms with Crippen LogP contribution in [0, 0.1) is 12.7 Å². The molecule has 0 fully saturated rings. The molecule has 7 nitrogen and oxygen atoms in total. The summed E-state index contributed by atoms with van der Waals surface area (Å²) in [6, 6.07) is 15.7. The van der Waals surface area contributed by atoms with E-state index in [9.17, 15) is 14.3 Å². The number of pyridine rings is 1. The molecule has 2 aromatic carbocycles. The normalized spacial score (nSPS) is 10.1. The average molecular weight is 461 g/mol. The van der Waals surface area contributed by atoms with Gasteiger partial charge in [0, 0.05) is 12.4 Å². The molecule has 174 valence electrons. The standard InChI is InChI=1S/C24H19FN4O3.C2H6/c1-15-7-8-19(25)17(11-15)22-27-13-21(32-14-16-5-3-2-4-6-16)23(29-22)28-20-9-10-26-12-18(20)24(30)31;1-2/h2-13H,14H2,1H3,(H,30,31)(H,26,27,28,29);1-2H3. The fraction of sp³-hybridized carbons (Fsp3) is 0.154. The maximum absolute atomic E-state index is 14.4. The highest BCUT2D eigenvalue weighted by molar-refractivity contribution is 5.94. The first-order valence-corrected chi connectivity index (χ1v) is 10.8. The first kappa shape index (κ1) is 24.3. The highest BCUT2D eigenvalue weighted by Gasteiger charge is 2.17. The zero-order valence-corrected chi connectivity index (χ0v) is 19.1. The molecule has 4 rings (SSSR count). The van der Waals surface area contributed by atoms with E-state index < -0.39 is 11.8 Å². The van der Waals surface area contributed by atoms with Crippen molar-refractivity contribution in [1.29, 1.82) is 0 Å². The van der Waals surface area contributed by atoms with E-state index in [0.29, 0.717) is 5.75 Å². The van der Waals surface area contributed by atoms with Crippen molar-refractivity contribution in [3.63, 3.8) is 0 Å². The van der Waals surface area contributed by atoms with Crippen LogP contribution in [0.5, 0.6) is 5.75 Å². The second-order valence-electron chi connectivity index (χ2n) is 7.02. The fourth-order valence-corrected chi connectivity index (χ4v) is 3.04. The van der Waals surface area contributed by atoms with E-state index in [0.717, 1.165) is 11.1 Å². The number of carboxylic acids is 1. The van der Waals surface area contributed by atoms with Crippen LogP contribution >= 0.6 is 0 Å². The second kappa shape index (κ2) is 11.5. The van der Waals surface area contributed by atoms with Gasteiger partial charge in [0.1, 0.15) is 18.0 Å². The van der Waals surface area contributed by atoms with Crippen LogP contribution in [0.15, 0.2) is 73.2 Å². The lowest BCUT2D eigenvalue weighted by Gasteiger charge is -2.15. The molecule has 2 heterocycles. The van der Waals surface area contributed by atoms with Crippen molar-refractivity contribution in [3.05, 3.63) is 95.7 Å². The number of aromatic nitrogens is 3. The SMILES string of the molecule is CC.Cc1ccc(F)c(-c2ncc(OCc3ccccc3)c(Nc3ccncc3C(=O)O)n2)c1. The lowest BCUT2D eigenvalue weighted by Crippen LogP contribution is -2.07. The molecule has 2 N–H and O–H groups in total. The number of carbonyl (C=O) groups is 1. The van der Waals surface area contributed by atoms with E-state index >= 15 is 0 Å². The average Bonchev–Trinajstić information content (AvgIpc) is 2.87. The number of hydrogen-bond acceptors (Lipinski definition) is 6. The van der Waals surface area contributed by atoms with Crippen LogP contribution in [0.25, 0.3) is 11.4 Å². The van der Waals surface area contributed by atoms with Crippen molar-refractivity contribution in [2.75, 3.05) is 5.32 Å². The minimum absolute atomic E-state index is 0.0385. The maximum Gasteiger partial charge on any atom is 0.339 e. The van der Waals surface area contributed by atoms with Crippen LogP contribution < -0.4 is 10.1 Å². The minimum Gasteiger partial charge on any atom is -0.483 e. The summed E-state index contributed by atoms with van der Waals surface area (Å²) in [7, 11) is 0. The Morgan fingerprint density at radius 1 is 1.09 bits per heavy atom. The van der Waals surface area contributed by atoms with Crippen LogP contribution in [0.1, 0.15) is 35.3 Å². The molecule has 8 heteroatoms. The Bertz CT molecular complexity index is 1270. The summed E-state index contributed by atoms with van der Waals surface area (Å²) < 4.78 is 20.3. The quantitative estimate of drug-likeness (QED) is 0.347. The Labute approximate surface area is 197 Å². The van der Waals surface area contributed by atoms with E-state index in [1.54, 1.807) is 12.1 Å². The van der Waals surface area contributed by atoms with Gasteiger partial charge in [-0.3, -0.25) is 4.98 Å². The van der Waals surface area contributed by atoms with Crippen LogP contribution in [-0.4, -0.2) is 26.0 Å². The number of nitrogens with zero attached hydrogens (tertiary/aromatic N) is 3. The second-order valence-corrected chi connectivity index (χ2v) is 7.02. The molecule has 0 aliphatic heterocycles. The molecule has 0 saturated carbocycles. The van der Waals surface area contributed by atoms with Crippen molar-refractivity contribution in [1.82, 2.24) is 15.0 Å². The highest BCUT2D eigenvalue weighted by Crippen LogP contribution is 2.30. The number of benzene rings is 2. The molecule has 0 unspecified atom stereocenters. The van der Waals surface area contributed by atoms with E-state index in [4.69, 9.17) is 4.74 Å². The topological polar surface area (TPSA) is 97.2 Å². The van der Waals surface area contributed by atoms with Crippen molar-refractivity contribution in [3.8, 4) is 17.1 Å². The number of carboxylic acid groups (broad SMARTS) is 1. The number of hydrogen-bond donors (Lipinski definition) is 2. The molecule has 34 heavy (non-hydrogen) atoms. The number of aromatic carboxylic acids is 1. The van der Waals surface area contributed by atoms with E-state index in [-0.39, 0.29) is 35.1 Å². The first-order chi connectivity index (χ1) is 16.5. The lowest BCUT2D eigenvalue weighted by molar-refractivity contribution is 0.0697. The summed E-state index contributed by atoms with van der Waals surface area (Å²) in [6.07, 6.45) is 4.14. The van der Waals surface area contributed by atoms with Crippen molar-refractivity contribution >= 4 is 17.5 Å². The molecule has 0 saturated heterocycles. The summed E-state index contributed by atoms with van der Waals surface area (Å²) in [5.41, 5.74) is 2.25. The van der Waals surface area contributed by atoms with Gasteiger partial charge in [0.2, 0.25) is 0 Å². The number of anilines is 2. The van der Waals surface area contributed by atoms with Gasteiger partial charge in [-0.15, -0.1) is 0 Å². The lowest BCUT2D eigenvalue weighted by atomic mass is 10.1. The summed E-state index contributed by atoms with van der Waals surface area (Å²) in [4.78, 5) is 24.2. The summed E-state index contributed by atoms with van der Waals surface area (Å²) in [6.45, 7) is 6.09. The van der Waals surface area contributed by atoms with Crippen molar-refractivity contribution in [2.24, 2.45) is 0 Å². The van der Waals surface area contributed by atoms with Gasteiger partial charge in [0.15, 0.2) is 17.4 Å². The van der Waals surface area contributed by atoms with Gasteiger partial charge < -0.3 is 15.2 Å². The first-order valence-electron chi connectivity index (χ1n) is 10.8. The molecule has 0 aliphatic rings. The predicted octanol–water partition coefficient (Wildman–Crippen LogP) is 6.03. The minimum atomic E-state index is -1.15. The van der Waals surface area contributed by atoms with Crippen LogP contribution in [0.3, 0.4) is 0 Å². The predicted molar refractivity (Wildman–Crippen MR) is 129 cm³/mol. The molecule has 4 aromatic rings. The van der Waals surface area contributed by atoms with Crippen molar-refractivity contribution in [2.45, 2.75) is 27.4 Å². The maximum atomic E-state index is 14.4. The van der Waals surface area contributed by atoms with Gasteiger partial charge in [-0.1, -0.05) is 55.8 Å². The van der Waals surface area contributed by atoms with Crippen LogP contribution in [0.2, 0.25) is 0 Å². The molecular formula is C26H25FN4O3. The third kappa shape index (κ3) is 5.92. The molecule has 0 amide bonds. The third-order valence-corrected chi connectivity index (χ3v) is 4.66. The van der Waals surface area contributed by atoms with E-state index in [1.165, 1.54) is 30.7 Å². The molecule has 2 aromatic heterocycles. The van der Waals surface area contributed by atoms with Gasteiger partial charge in [-0.25, -0.2) is 19.2 Å². The molecule has 0 radical (unpaired) electrons. The summed E-state index contributed by atoms with van der Waals surface area (Å²) in [5, 5.41) is 12.5. The van der Waals surface area contributed by atoms with E-state index in [2.05, 4.69) is 20.3 Å². The molecule has 0 spiro atoms. The Morgan fingerprint density at radius 2 is 1.85 bits per heavy atom. The molecule has 0 aliphatic carbocycles. The zero-order valence-electron chi connectivity index (χ0n) is 19.1. The van der Waals surface area contributed by atoms with Gasteiger partial charge in [-0.05, 0) is 30.7 Å². The van der Waals surface area contributed by atoms with Gasteiger partial charge in [0.05, 0.1) is 17.4 Å². The Morgan fingerprint density at radius 3 is 2.59 bits per heavy atom. The number of nitrogens with one attached hydrogen (secondary N) is 1. The fourth-order valence-electron chi connectivity index (χ4n) is 3.04. The smallest absolute Gasteiger partial charge is 0.339 e. The van der Waals surface area contributed by atoms with Crippen molar-refractivity contribution < 1.29 is 19.0 Å². The molecular weight excluding hydrogens is 435 g/mol. The Hall–Kier alpha value is -4.33. The number of aryl methyl sites for hydroxylation is 1. The number of rotatable bonds is 7. The van der Waals surface area contributed by atoms with E-state index in [1.807, 2.05) is 51.1 Å². The molecule has 0 bridgehead atoms. The molecule has 0 atom stereocenters. The third-order valence-electron chi connectivity index (χ3n) is 4.66. The van der Waals surface area contributed by atoms with Gasteiger partial charge >= 0.3 is 5.97 Å². The summed E-state index contributed by atoms with van der Waals surface area (Å²) in [5.74, 6) is -0.966. The van der Waals surface area contributed by atoms with Gasteiger partial charge in [0.25, 0.3) is 0 Å². The number of halogens is 1. The number of ether oxygens (including phenoxy) is 1. The van der Waals surface area contributed by atoms with Crippen LogP contribution in [-0.2, 0) is 6.61 Å². The summed E-state index contributed by atoms with van der Waals surface area (Å²) >= 11 is 0. The Balaban J connectivity index is 0.00000158. The highest BCUT2D eigenvalue weighted by atomic mass is 19.1. The zero-order chi connectivity index (χ0) is 24.5. The van der Waals surface area contributed by atoms with Gasteiger partial charge in [-0.2, -0.15) is 0 Å². The Kier molecular flexibility index (Phi) is 8.23. The van der Waals surface area contributed by atoms with Crippen LogP contribution in [0.4, 0.5) is 15.9 Å². The monoisotopic (exact) mass is 460 g/mol. The largest absolute Gasteiger partial charge is 0.483 e.